The minimum atomic E-state index is -1.39. The van der Waals surface area contributed by atoms with Gasteiger partial charge in [-0.3, -0.25) is 10.2 Å². The Labute approximate surface area is 238 Å². The molecule has 1 aliphatic rings. The molecule has 5 atom stereocenters. The fraction of sp³-hybridized carbons (Fsp3) is 0.312. The van der Waals surface area contributed by atoms with Crippen LogP contribution in [0, 0.1) is 11.3 Å². The predicted octanol–water partition coefficient (Wildman–Crippen LogP) is 5.18. The van der Waals surface area contributed by atoms with Crippen molar-refractivity contribution in [2.45, 2.75) is 51.3 Å². The van der Waals surface area contributed by atoms with Crippen molar-refractivity contribution in [2.24, 2.45) is 5.92 Å². The molecule has 5 unspecified atom stereocenters. The van der Waals surface area contributed by atoms with Crippen molar-refractivity contribution < 1.29 is 38.1 Å². The Balaban J connectivity index is 1.66. The molecule has 0 bridgehead atoms. The summed E-state index contributed by atoms with van der Waals surface area (Å²) in [5, 5.41) is 8.36. The van der Waals surface area contributed by atoms with E-state index in [1.54, 1.807) is 84.9 Å². The van der Waals surface area contributed by atoms with Crippen molar-refractivity contribution in [3.63, 3.8) is 0 Å². The van der Waals surface area contributed by atoms with E-state index in [4.69, 9.17) is 29.1 Å². The van der Waals surface area contributed by atoms with Crippen molar-refractivity contribution in [1.29, 1.82) is 5.41 Å². The van der Waals surface area contributed by atoms with E-state index in [1.165, 1.54) is 6.92 Å². The van der Waals surface area contributed by atoms with Crippen LogP contribution in [0.5, 0.6) is 0 Å². The van der Waals surface area contributed by atoms with Crippen molar-refractivity contribution in [2.75, 3.05) is 6.61 Å². The third kappa shape index (κ3) is 7.79. The number of nitrogens with one attached hydrogen (secondary N) is 1. The Hall–Kier alpha value is -4.50. The molecule has 4 rings (SSSR count). The van der Waals surface area contributed by atoms with Gasteiger partial charge in [-0.25, -0.2) is 9.59 Å². The summed E-state index contributed by atoms with van der Waals surface area (Å²) in [6, 6.07) is 25.7. The summed E-state index contributed by atoms with van der Waals surface area (Å²) in [4.78, 5) is 38.5. The van der Waals surface area contributed by atoms with Crippen molar-refractivity contribution >= 4 is 23.8 Å². The highest BCUT2D eigenvalue weighted by Crippen LogP contribution is 2.35. The number of esters is 3. The van der Waals surface area contributed by atoms with Crippen LogP contribution < -0.4 is 0 Å². The summed E-state index contributed by atoms with van der Waals surface area (Å²) in [5.41, 5.74) is 1.16. The molecule has 0 saturated carbocycles. The second-order valence-corrected chi connectivity index (χ2v) is 9.58. The fourth-order valence-corrected chi connectivity index (χ4v) is 4.71. The van der Waals surface area contributed by atoms with E-state index >= 15 is 0 Å². The molecule has 0 amide bonds. The zero-order chi connectivity index (χ0) is 29.2. The summed E-state index contributed by atoms with van der Waals surface area (Å²) in [5.74, 6) is -2.57. The van der Waals surface area contributed by atoms with Gasteiger partial charge >= 0.3 is 17.9 Å². The number of rotatable bonds is 10. The Morgan fingerprint density at radius 1 is 0.732 bits per heavy atom. The van der Waals surface area contributed by atoms with Gasteiger partial charge < -0.3 is 23.7 Å². The largest absolute Gasteiger partial charge is 0.475 e. The second kappa shape index (κ2) is 14.2. The minimum Gasteiger partial charge on any atom is -0.475 e. The van der Waals surface area contributed by atoms with Crippen LogP contribution in [0.3, 0.4) is 0 Å². The Morgan fingerprint density at radius 3 is 1.71 bits per heavy atom. The summed E-state index contributed by atoms with van der Waals surface area (Å²) >= 11 is 0. The van der Waals surface area contributed by atoms with E-state index in [0.717, 1.165) is 0 Å². The van der Waals surface area contributed by atoms with Crippen molar-refractivity contribution in [1.82, 2.24) is 0 Å². The van der Waals surface area contributed by atoms with Crippen LogP contribution in [-0.2, 0) is 28.5 Å². The van der Waals surface area contributed by atoms with E-state index in [0.29, 0.717) is 24.0 Å². The molecule has 9 nitrogen and oxygen atoms in total. The first-order valence-electron chi connectivity index (χ1n) is 13.5. The van der Waals surface area contributed by atoms with Gasteiger partial charge in [0.25, 0.3) is 0 Å². The first-order valence-corrected chi connectivity index (χ1v) is 13.5. The summed E-state index contributed by atoms with van der Waals surface area (Å²) in [7, 11) is 0. The molecule has 1 saturated heterocycles. The van der Waals surface area contributed by atoms with Gasteiger partial charge in [-0.15, -0.1) is 0 Å². The van der Waals surface area contributed by atoms with Crippen LogP contribution in [0.4, 0.5) is 0 Å². The van der Waals surface area contributed by atoms with Gasteiger partial charge in [-0.05, 0) is 42.8 Å². The molecular weight excluding hydrogens is 526 g/mol. The first-order chi connectivity index (χ1) is 19.9. The predicted molar refractivity (Wildman–Crippen MR) is 149 cm³/mol. The third-order valence-corrected chi connectivity index (χ3v) is 6.64. The van der Waals surface area contributed by atoms with Crippen LogP contribution in [0.15, 0.2) is 91.0 Å². The molecule has 1 heterocycles. The minimum absolute atomic E-state index is 0.0658. The van der Waals surface area contributed by atoms with E-state index in [2.05, 4.69) is 0 Å². The van der Waals surface area contributed by atoms with E-state index in [-0.39, 0.29) is 18.1 Å². The molecule has 3 aromatic carbocycles. The quantitative estimate of drug-likeness (QED) is 0.156. The molecule has 41 heavy (non-hydrogen) atoms. The molecule has 0 aromatic heterocycles. The number of benzene rings is 3. The lowest BCUT2D eigenvalue weighted by molar-refractivity contribution is -0.279. The highest BCUT2D eigenvalue weighted by Gasteiger charge is 2.51. The van der Waals surface area contributed by atoms with Crippen LogP contribution >= 0.6 is 0 Å². The Kier molecular flexibility index (Phi) is 10.2. The summed E-state index contributed by atoms with van der Waals surface area (Å²) in [6.07, 6.45) is -3.28. The maximum absolute atomic E-state index is 13.3. The summed E-state index contributed by atoms with van der Waals surface area (Å²) < 4.78 is 29.3. The second-order valence-electron chi connectivity index (χ2n) is 9.58. The van der Waals surface area contributed by atoms with Gasteiger partial charge in [-0.2, -0.15) is 0 Å². The average molecular weight is 560 g/mol. The number of carbonyl (C=O) groups excluding carboxylic acids is 3. The van der Waals surface area contributed by atoms with Gasteiger partial charge in [0.05, 0.1) is 11.1 Å². The normalized spacial score (nSPS) is 21.8. The highest BCUT2D eigenvalue weighted by atomic mass is 16.7. The van der Waals surface area contributed by atoms with Gasteiger partial charge in [0.1, 0.15) is 12.7 Å². The van der Waals surface area contributed by atoms with E-state index in [9.17, 15) is 14.4 Å². The third-order valence-electron chi connectivity index (χ3n) is 6.64. The number of hydrogen-bond donors (Lipinski definition) is 1. The smallest absolute Gasteiger partial charge is 0.338 e. The SMILES string of the molecule is CCCC1C(COC(=N)c2ccccc2)OC(OC(C)=O)C(OC(=O)c2ccccc2)C1OC(=O)c1ccccc1. The highest BCUT2D eigenvalue weighted by molar-refractivity contribution is 5.91. The monoisotopic (exact) mass is 559 g/mol. The molecule has 214 valence electrons. The van der Waals surface area contributed by atoms with E-state index < -0.39 is 48.4 Å². The number of hydrogen-bond acceptors (Lipinski definition) is 9. The standard InChI is InChI=1S/C32H33NO8/c1-3-13-25-26(20-37-29(33)22-14-7-4-8-15-22)39-32(38-21(2)34)28(41-31(36)24-18-11-6-12-19-24)27(25)40-30(35)23-16-9-5-10-17-23/h4-12,14-19,25-28,32-33H,3,13,20H2,1-2H3. The average Bonchev–Trinajstić information content (AvgIpc) is 2.99. The molecule has 0 aliphatic carbocycles. The number of ether oxygens (including phenoxy) is 5. The molecule has 1 fully saturated rings. The van der Waals surface area contributed by atoms with Gasteiger partial charge in [0.15, 0.2) is 6.10 Å². The molecule has 0 spiro atoms. The molecular formula is C32H33NO8. The van der Waals surface area contributed by atoms with Crippen molar-refractivity contribution in [3.05, 3.63) is 108 Å². The van der Waals surface area contributed by atoms with Gasteiger partial charge in [0.2, 0.25) is 18.3 Å². The lowest BCUT2D eigenvalue weighted by Crippen LogP contribution is -2.59. The van der Waals surface area contributed by atoms with Crippen LogP contribution in [0.2, 0.25) is 0 Å². The lowest BCUT2D eigenvalue weighted by Gasteiger charge is -2.44. The lowest BCUT2D eigenvalue weighted by atomic mass is 9.85. The zero-order valence-corrected chi connectivity index (χ0v) is 22.9. The van der Waals surface area contributed by atoms with Crippen LogP contribution in [0.25, 0.3) is 0 Å². The maximum atomic E-state index is 13.3. The molecule has 1 aliphatic heterocycles. The van der Waals surface area contributed by atoms with Crippen LogP contribution in [0.1, 0.15) is 53.0 Å². The first kappa shape index (κ1) is 29.5. The Morgan fingerprint density at radius 2 is 1.22 bits per heavy atom. The van der Waals surface area contributed by atoms with Gasteiger partial charge in [0, 0.05) is 18.4 Å². The number of carbonyl (C=O) groups is 3. The van der Waals surface area contributed by atoms with E-state index in [1.807, 2.05) is 13.0 Å². The topological polar surface area (TPSA) is 121 Å². The molecule has 1 N–H and O–H groups in total. The fourth-order valence-electron chi connectivity index (χ4n) is 4.71. The van der Waals surface area contributed by atoms with Gasteiger partial charge in [-0.1, -0.05) is 67.9 Å². The summed E-state index contributed by atoms with van der Waals surface area (Å²) in [6.45, 7) is 3.08. The molecule has 0 radical (unpaired) electrons. The molecule has 9 heteroatoms. The maximum Gasteiger partial charge on any atom is 0.338 e. The Bertz CT molecular complexity index is 1320. The van der Waals surface area contributed by atoms with Crippen LogP contribution in [-0.4, -0.2) is 55.0 Å². The zero-order valence-electron chi connectivity index (χ0n) is 22.9. The van der Waals surface area contributed by atoms with Crippen molar-refractivity contribution in [3.8, 4) is 0 Å². The molecule has 3 aromatic rings.